The third kappa shape index (κ3) is 5.68. The van der Waals surface area contributed by atoms with Crippen molar-refractivity contribution in [1.29, 1.82) is 0 Å². The van der Waals surface area contributed by atoms with Gasteiger partial charge in [0.1, 0.15) is 6.04 Å². The second-order valence-electron chi connectivity index (χ2n) is 4.75. The summed E-state index contributed by atoms with van der Waals surface area (Å²) in [6.45, 7) is 0. The normalized spacial score (nSPS) is 22.6. The van der Waals surface area contributed by atoms with Crippen LogP contribution in [-0.2, 0) is 4.79 Å². The van der Waals surface area contributed by atoms with Crippen LogP contribution in [0.1, 0.15) is 51.4 Å². The predicted octanol–water partition coefficient (Wildman–Crippen LogP) is 1.26. The van der Waals surface area contributed by atoms with Crippen LogP contribution in [0.4, 0.5) is 0 Å². The lowest BCUT2D eigenvalue weighted by atomic mass is 10.0. The van der Waals surface area contributed by atoms with Crippen LogP contribution in [0.15, 0.2) is 4.99 Å². The van der Waals surface area contributed by atoms with Crippen molar-refractivity contribution in [2.24, 2.45) is 16.5 Å². The molecule has 0 radical (unpaired) electrons. The van der Waals surface area contributed by atoms with Crippen molar-refractivity contribution in [1.82, 2.24) is 0 Å². The second kappa shape index (κ2) is 7.27. The smallest absolute Gasteiger partial charge is 0.320 e. The van der Waals surface area contributed by atoms with E-state index in [9.17, 15) is 4.79 Å². The quantitative estimate of drug-likeness (QED) is 0.609. The van der Waals surface area contributed by atoms with Gasteiger partial charge in [-0.15, -0.1) is 0 Å². The lowest BCUT2D eigenvalue weighted by Gasteiger charge is -2.11. The molecule has 1 aliphatic rings. The molecular formula is C12H23N3O2. The van der Waals surface area contributed by atoms with E-state index < -0.39 is 12.0 Å². The van der Waals surface area contributed by atoms with Gasteiger partial charge in [-0.3, -0.25) is 9.79 Å². The average molecular weight is 241 g/mol. The van der Waals surface area contributed by atoms with E-state index in [1.165, 1.54) is 6.42 Å². The molecule has 0 aromatic carbocycles. The number of carboxylic acids is 1. The van der Waals surface area contributed by atoms with Crippen molar-refractivity contribution in [2.75, 3.05) is 0 Å². The summed E-state index contributed by atoms with van der Waals surface area (Å²) in [5.74, 6) is -0.142. The van der Waals surface area contributed by atoms with Crippen LogP contribution in [0.5, 0.6) is 0 Å². The number of hydrogen-bond donors (Lipinski definition) is 3. The summed E-state index contributed by atoms with van der Waals surface area (Å²) in [5.41, 5.74) is 11.2. The molecule has 2 atom stereocenters. The molecule has 0 saturated heterocycles. The van der Waals surface area contributed by atoms with Gasteiger partial charge in [0.25, 0.3) is 0 Å². The lowest BCUT2D eigenvalue weighted by molar-refractivity contribution is -0.138. The first-order valence-corrected chi connectivity index (χ1v) is 6.40. The van der Waals surface area contributed by atoms with Gasteiger partial charge in [-0.25, -0.2) is 0 Å². The summed E-state index contributed by atoms with van der Waals surface area (Å²) in [5, 5.41) is 8.64. The van der Waals surface area contributed by atoms with E-state index in [1.54, 1.807) is 0 Å². The Morgan fingerprint density at radius 2 is 2.24 bits per heavy atom. The number of nitrogens with zero attached hydrogens (tertiary/aromatic N) is 1. The zero-order chi connectivity index (χ0) is 12.7. The third-order valence-electron chi connectivity index (χ3n) is 3.19. The van der Waals surface area contributed by atoms with Crippen molar-refractivity contribution in [3.8, 4) is 0 Å². The second-order valence-corrected chi connectivity index (χ2v) is 4.75. The molecular weight excluding hydrogens is 218 g/mol. The lowest BCUT2D eigenvalue weighted by Crippen LogP contribution is -2.29. The van der Waals surface area contributed by atoms with Gasteiger partial charge in [-0.1, -0.05) is 19.3 Å². The Balaban J connectivity index is 2.17. The number of amidine groups is 1. The van der Waals surface area contributed by atoms with Gasteiger partial charge < -0.3 is 16.6 Å². The molecule has 0 bridgehead atoms. The minimum atomic E-state index is -0.915. The van der Waals surface area contributed by atoms with Gasteiger partial charge in [0, 0.05) is 6.42 Å². The SMILES string of the molecule is NC1=N[C@@H](CCCC[C@H](N)C(=O)O)CCCC1. The Kier molecular flexibility index (Phi) is 5.97. The Bertz CT molecular complexity index is 279. The van der Waals surface area contributed by atoms with Crippen LogP contribution in [-0.4, -0.2) is 29.0 Å². The predicted molar refractivity (Wildman–Crippen MR) is 68.0 cm³/mol. The highest BCUT2D eigenvalue weighted by Gasteiger charge is 2.13. The third-order valence-corrected chi connectivity index (χ3v) is 3.19. The largest absolute Gasteiger partial charge is 0.480 e. The molecule has 0 fully saturated rings. The number of aliphatic carboxylic acids is 1. The standard InChI is InChI=1S/C12H23N3O2/c13-10(12(16)17)7-3-1-5-9-6-2-4-8-11(14)15-9/h9-10H,1-8,13H2,(H2,14,15)(H,16,17)/t9-,10-/m0/s1. The molecule has 5 N–H and O–H groups in total. The van der Waals surface area contributed by atoms with Crippen LogP contribution in [0.3, 0.4) is 0 Å². The van der Waals surface area contributed by atoms with Gasteiger partial charge in [-0.05, 0) is 25.7 Å². The topological polar surface area (TPSA) is 102 Å². The highest BCUT2D eigenvalue weighted by molar-refractivity contribution is 5.80. The Labute approximate surface area is 102 Å². The Hall–Kier alpha value is -1.10. The average Bonchev–Trinajstić information content (AvgIpc) is 2.48. The van der Waals surface area contributed by atoms with Crippen LogP contribution in [0, 0.1) is 0 Å². The number of hydrogen-bond acceptors (Lipinski definition) is 4. The fourth-order valence-electron chi connectivity index (χ4n) is 2.13. The minimum absolute atomic E-state index is 0.332. The van der Waals surface area contributed by atoms with Gasteiger partial charge in [0.15, 0.2) is 0 Å². The van der Waals surface area contributed by atoms with Crippen LogP contribution < -0.4 is 11.5 Å². The molecule has 5 heteroatoms. The van der Waals surface area contributed by atoms with Gasteiger partial charge in [0.05, 0.1) is 11.9 Å². The first-order chi connectivity index (χ1) is 8.09. The fourth-order valence-corrected chi connectivity index (χ4v) is 2.13. The van der Waals surface area contributed by atoms with Gasteiger partial charge in [0.2, 0.25) is 0 Å². The molecule has 98 valence electrons. The molecule has 1 rings (SSSR count). The zero-order valence-electron chi connectivity index (χ0n) is 10.3. The molecule has 0 amide bonds. The molecule has 0 unspecified atom stereocenters. The van der Waals surface area contributed by atoms with E-state index in [0.717, 1.165) is 44.4 Å². The van der Waals surface area contributed by atoms with Crippen molar-refractivity contribution >= 4 is 11.8 Å². The fraction of sp³-hybridized carbons (Fsp3) is 0.833. The van der Waals surface area contributed by atoms with Crippen LogP contribution in [0.25, 0.3) is 0 Å². The highest BCUT2D eigenvalue weighted by atomic mass is 16.4. The molecule has 0 aromatic rings. The van der Waals surface area contributed by atoms with E-state index in [-0.39, 0.29) is 0 Å². The molecule has 0 aliphatic carbocycles. The van der Waals surface area contributed by atoms with E-state index >= 15 is 0 Å². The Morgan fingerprint density at radius 1 is 1.47 bits per heavy atom. The number of rotatable bonds is 6. The monoisotopic (exact) mass is 241 g/mol. The number of carbonyl (C=O) groups is 1. The van der Waals surface area contributed by atoms with Crippen molar-refractivity contribution < 1.29 is 9.90 Å². The molecule has 1 heterocycles. The molecule has 0 aromatic heterocycles. The summed E-state index contributed by atoms with van der Waals surface area (Å²) in [7, 11) is 0. The zero-order valence-corrected chi connectivity index (χ0v) is 10.3. The van der Waals surface area contributed by atoms with Crippen molar-refractivity contribution in [3.63, 3.8) is 0 Å². The maximum absolute atomic E-state index is 10.5. The van der Waals surface area contributed by atoms with E-state index in [2.05, 4.69) is 4.99 Å². The first kappa shape index (κ1) is 14.0. The molecule has 5 nitrogen and oxygen atoms in total. The summed E-state index contributed by atoms with van der Waals surface area (Å²) in [6, 6.07) is -0.392. The van der Waals surface area contributed by atoms with E-state index in [4.69, 9.17) is 16.6 Å². The summed E-state index contributed by atoms with van der Waals surface area (Å²) in [4.78, 5) is 15.0. The van der Waals surface area contributed by atoms with Crippen molar-refractivity contribution in [2.45, 2.75) is 63.5 Å². The molecule has 17 heavy (non-hydrogen) atoms. The van der Waals surface area contributed by atoms with Crippen molar-refractivity contribution in [3.05, 3.63) is 0 Å². The summed E-state index contributed by atoms with van der Waals surface area (Å²) < 4.78 is 0. The van der Waals surface area contributed by atoms with E-state index in [0.29, 0.717) is 12.5 Å². The summed E-state index contributed by atoms with van der Waals surface area (Å²) in [6.07, 6.45) is 7.70. The maximum atomic E-state index is 10.5. The minimum Gasteiger partial charge on any atom is -0.480 e. The number of unbranched alkanes of at least 4 members (excludes halogenated alkanes) is 1. The summed E-state index contributed by atoms with van der Waals surface area (Å²) >= 11 is 0. The van der Waals surface area contributed by atoms with Gasteiger partial charge in [-0.2, -0.15) is 0 Å². The molecule has 1 aliphatic heterocycles. The van der Waals surface area contributed by atoms with Gasteiger partial charge >= 0.3 is 5.97 Å². The number of carboxylic acid groups (broad SMARTS) is 1. The van der Waals surface area contributed by atoms with Crippen LogP contribution in [0.2, 0.25) is 0 Å². The number of aliphatic imine (C=N–C) groups is 1. The molecule has 0 spiro atoms. The van der Waals surface area contributed by atoms with E-state index in [1.807, 2.05) is 0 Å². The first-order valence-electron chi connectivity index (χ1n) is 6.40. The van der Waals surface area contributed by atoms with Crippen LogP contribution >= 0.6 is 0 Å². The molecule has 0 saturated carbocycles. The highest BCUT2D eigenvalue weighted by Crippen LogP contribution is 2.17. The maximum Gasteiger partial charge on any atom is 0.320 e. The number of nitrogens with two attached hydrogens (primary N) is 2. The Morgan fingerprint density at radius 3 is 2.94 bits per heavy atom.